The van der Waals surface area contributed by atoms with Crippen LogP contribution in [0.4, 0.5) is 0 Å². The number of Topliss-reactive ketones (excluding diaryl/α,β-unsaturated/α-hetero) is 1. The Labute approximate surface area is 63.3 Å². The number of carboxylic acid groups (broad SMARTS) is 1. The molecule has 0 bridgehead atoms. The van der Waals surface area contributed by atoms with Gasteiger partial charge < -0.3 is 5.11 Å². The maximum atomic E-state index is 10.7. The van der Waals surface area contributed by atoms with Crippen LogP contribution in [0.1, 0.15) is 10.4 Å². The fourth-order valence-corrected chi connectivity index (χ4v) is 0.713. The van der Waals surface area contributed by atoms with Crippen molar-refractivity contribution in [2.45, 2.75) is 0 Å². The Morgan fingerprint density at radius 3 is 2.09 bits per heavy atom. The normalized spacial score (nSPS) is 9.09. The molecule has 0 aromatic heterocycles. The summed E-state index contributed by atoms with van der Waals surface area (Å²) in [7, 11) is 0. The third-order valence-electron chi connectivity index (χ3n) is 1.23. The Bertz CT molecular complexity index is 277. The van der Waals surface area contributed by atoms with Gasteiger partial charge in [0.05, 0.1) is 0 Å². The van der Waals surface area contributed by atoms with Crippen LogP contribution in [0.15, 0.2) is 30.3 Å². The summed E-state index contributed by atoms with van der Waals surface area (Å²) in [6.07, 6.45) is 0. The van der Waals surface area contributed by atoms with E-state index in [0.717, 1.165) is 0 Å². The SMILES string of the molecule is O=C(O)C(=O)c1cccc[13cH]1. The number of aliphatic carboxylic acids is 1. The summed E-state index contributed by atoms with van der Waals surface area (Å²) in [5, 5.41) is 8.29. The van der Waals surface area contributed by atoms with Crippen LogP contribution in [-0.2, 0) is 4.79 Å². The number of benzene rings is 1. The highest BCUT2D eigenvalue weighted by Crippen LogP contribution is 1.98. The second-order valence-electron chi connectivity index (χ2n) is 2.00. The van der Waals surface area contributed by atoms with Crippen LogP contribution in [0.25, 0.3) is 0 Å². The van der Waals surface area contributed by atoms with Crippen LogP contribution in [-0.4, -0.2) is 16.9 Å². The van der Waals surface area contributed by atoms with E-state index in [2.05, 4.69) is 0 Å². The Balaban J connectivity index is 2.95. The molecule has 0 atom stereocenters. The molecule has 1 aromatic rings. The molecule has 0 spiro atoms. The molecule has 0 unspecified atom stereocenters. The van der Waals surface area contributed by atoms with Gasteiger partial charge in [-0.15, -0.1) is 0 Å². The highest BCUT2D eigenvalue weighted by Gasteiger charge is 2.12. The molecule has 0 amide bonds. The largest absolute Gasteiger partial charge is 0.475 e. The van der Waals surface area contributed by atoms with Gasteiger partial charge in [-0.2, -0.15) is 0 Å². The number of carbonyl (C=O) groups excluding carboxylic acids is 1. The van der Waals surface area contributed by atoms with Crippen molar-refractivity contribution in [2.24, 2.45) is 0 Å². The lowest BCUT2D eigenvalue weighted by molar-refractivity contribution is -0.131. The van der Waals surface area contributed by atoms with Crippen LogP contribution in [0, 0.1) is 0 Å². The molecule has 1 aromatic carbocycles. The van der Waals surface area contributed by atoms with Gasteiger partial charge >= 0.3 is 5.97 Å². The second-order valence-corrected chi connectivity index (χ2v) is 2.00. The van der Waals surface area contributed by atoms with Crippen LogP contribution in [0.5, 0.6) is 0 Å². The Hall–Kier alpha value is -1.64. The Kier molecular flexibility index (Phi) is 2.01. The summed E-state index contributed by atoms with van der Waals surface area (Å²) in [6, 6.07) is 7.90. The van der Waals surface area contributed by atoms with Crippen LogP contribution < -0.4 is 0 Å². The maximum absolute atomic E-state index is 10.7. The minimum atomic E-state index is -1.42. The second kappa shape index (κ2) is 2.96. The molecular formula is C8H6O3. The maximum Gasteiger partial charge on any atom is 0.377 e. The monoisotopic (exact) mass is 151 g/mol. The fourth-order valence-electron chi connectivity index (χ4n) is 0.713. The summed E-state index contributed by atoms with van der Waals surface area (Å²) < 4.78 is 0. The summed E-state index contributed by atoms with van der Waals surface area (Å²) in [5.74, 6) is -2.29. The molecule has 3 nitrogen and oxygen atoms in total. The van der Waals surface area contributed by atoms with Gasteiger partial charge in [0.2, 0.25) is 0 Å². The van der Waals surface area contributed by atoms with Gasteiger partial charge in [0.15, 0.2) is 0 Å². The molecule has 11 heavy (non-hydrogen) atoms. The molecule has 56 valence electrons. The van der Waals surface area contributed by atoms with E-state index in [9.17, 15) is 9.59 Å². The highest BCUT2D eigenvalue weighted by atomic mass is 16.4. The minimum Gasteiger partial charge on any atom is -0.475 e. The molecular weight excluding hydrogens is 145 g/mol. The zero-order valence-corrected chi connectivity index (χ0v) is 5.65. The van der Waals surface area contributed by atoms with E-state index in [-0.39, 0.29) is 5.56 Å². The predicted molar refractivity (Wildman–Crippen MR) is 38.4 cm³/mol. The molecule has 0 aliphatic rings. The first-order valence-electron chi connectivity index (χ1n) is 3.04. The lowest BCUT2D eigenvalue weighted by atomic mass is 10.2. The predicted octanol–water partition coefficient (Wildman–Crippen LogP) is 0.954. The summed E-state index contributed by atoms with van der Waals surface area (Å²) >= 11 is 0. The van der Waals surface area contributed by atoms with Gasteiger partial charge in [-0.05, 0) is 0 Å². The van der Waals surface area contributed by atoms with E-state index >= 15 is 0 Å². The summed E-state index contributed by atoms with van der Waals surface area (Å²) in [5.41, 5.74) is 0.208. The lowest BCUT2D eigenvalue weighted by Crippen LogP contribution is -2.12. The molecule has 0 heterocycles. The van der Waals surface area contributed by atoms with Crippen molar-refractivity contribution >= 4 is 11.8 Å². The third-order valence-corrected chi connectivity index (χ3v) is 1.23. The van der Waals surface area contributed by atoms with Crippen molar-refractivity contribution in [3.8, 4) is 0 Å². The smallest absolute Gasteiger partial charge is 0.377 e. The topological polar surface area (TPSA) is 54.4 Å². The first-order chi connectivity index (χ1) is 5.22. The molecule has 3 heteroatoms. The van der Waals surface area contributed by atoms with Gasteiger partial charge in [0, 0.05) is 5.56 Å². The number of carbonyl (C=O) groups is 2. The molecule has 1 N–H and O–H groups in total. The van der Waals surface area contributed by atoms with Gasteiger partial charge in [0.1, 0.15) is 0 Å². The first kappa shape index (κ1) is 7.47. The molecule has 0 fully saturated rings. The van der Waals surface area contributed by atoms with Crippen molar-refractivity contribution in [3.05, 3.63) is 35.9 Å². The molecule has 0 saturated carbocycles. The Morgan fingerprint density at radius 2 is 1.64 bits per heavy atom. The molecule has 0 aliphatic heterocycles. The molecule has 0 saturated heterocycles. The quantitative estimate of drug-likeness (QED) is 0.505. The van der Waals surface area contributed by atoms with Crippen LogP contribution >= 0.6 is 0 Å². The molecule has 1 rings (SSSR count). The fraction of sp³-hybridized carbons (Fsp3) is 0. The average molecular weight is 151 g/mol. The summed E-state index contributed by atoms with van der Waals surface area (Å²) in [4.78, 5) is 20.9. The third kappa shape index (κ3) is 1.64. The van der Waals surface area contributed by atoms with E-state index in [1.807, 2.05) is 0 Å². The van der Waals surface area contributed by atoms with Gasteiger partial charge in [-0.3, -0.25) is 4.79 Å². The van der Waals surface area contributed by atoms with E-state index in [1.165, 1.54) is 12.1 Å². The first-order valence-corrected chi connectivity index (χ1v) is 3.04. The van der Waals surface area contributed by atoms with Gasteiger partial charge in [0.25, 0.3) is 5.78 Å². The standard InChI is InChI=1S/C8H6O3/c9-7(8(10)11)6-4-2-1-3-5-6/h1-5H,(H,10,11)/i4+1. The van der Waals surface area contributed by atoms with E-state index < -0.39 is 11.8 Å². The minimum absolute atomic E-state index is 0.208. The number of carboxylic acids is 1. The molecule has 0 radical (unpaired) electrons. The van der Waals surface area contributed by atoms with Crippen molar-refractivity contribution in [1.82, 2.24) is 0 Å². The lowest BCUT2D eigenvalue weighted by Gasteiger charge is -1.91. The van der Waals surface area contributed by atoms with Crippen molar-refractivity contribution in [1.29, 1.82) is 0 Å². The van der Waals surface area contributed by atoms with Crippen molar-refractivity contribution < 1.29 is 14.7 Å². The van der Waals surface area contributed by atoms with Crippen LogP contribution in [0.3, 0.4) is 0 Å². The van der Waals surface area contributed by atoms with Crippen molar-refractivity contribution in [3.63, 3.8) is 0 Å². The van der Waals surface area contributed by atoms with E-state index in [0.29, 0.717) is 0 Å². The van der Waals surface area contributed by atoms with E-state index in [4.69, 9.17) is 5.11 Å². The average Bonchev–Trinajstić information content (AvgIpc) is 2.05. The number of hydrogen-bond acceptors (Lipinski definition) is 2. The van der Waals surface area contributed by atoms with E-state index in [1.54, 1.807) is 18.2 Å². The van der Waals surface area contributed by atoms with Gasteiger partial charge in [-0.1, -0.05) is 30.3 Å². The van der Waals surface area contributed by atoms with Crippen molar-refractivity contribution in [2.75, 3.05) is 0 Å². The Morgan fingerprint density at radius 1 is 1.09 bits per heavy atom. The number of ketones is 1. The summed E-state index contributed by atoms with van der Waals surface area (Å²) in [6.45, 7) is 0. The number of rotatable bonds is 2. The zero-order valence-electron chi connectivity index (χ0n) is 5.65. The molecule has 0 aliphatic carbocycles. The number of hydrogen-bond donors (Lipinski definition) is 1. The van der Waals surface area contributed by atoms with Crippen LogP contribution in [0.2, 0.25) is 0 Å². The van der Waals surface area contributed by atoms with Gasteiger partial charge in [-0.25, -0.2) is 4.79 Å². The highest BCUT2D eigenvalue weighted by molar-refractivity contribution is 6.39. The zero-order chi connectivity index (χ0) is 8.27.